The maximum absolute atomic E-state index is 13.8. The van der Waals surface area contributed by atoms with Crippen LogP contribution in [0.3, 0.4) is 0 Å². The van der Waals surface area contributed by atoms with Crippen molar-refractivity contribution in [1.29, 1.82) is 0 Å². The number of amides is 2. The molecule has 1 unspecified atom stereocenters. The summed E-state index contributed by atoms with van der Waals surface area (Å²) in [6.45, 7) is 4.16. The number of hydrogen-bond acceptors (Lipinski definition) is 5. The van der Waals surface area contributed by atoms with Crippen molar-refractivity contribution in [3.63, 3.8) is 0 Å². The molecule has 2 amide bonds. The number of ether oxygens (including phenoxy) is 1. The molecule has 4 aromatic rings. The summed E-state index contributed by atoms with van der Waals surface area (Å²) < 4.78 is 73.3. The van der Waals surface area contributed by atoms with E-state index >= 15 is 0 Å². The Morgan fingerprint density at radius 2 is 1.56 bits per heavy atom. The number of aryl methyl sites for hydroxylation is 1. The number of rotatable bonds is 13. The summed E-state index contributed by atoms with van der Waals surface area (Å²) in [7, 11) is -4.46. The van der Waals surface area contributed by atoms with Crippen molar-refractivity contribution >= 4 is 21.8 Å². The van der Waals surface area contributed by atoms with E-state index in [4.69, 9.17) is 4.74 Å². The number of benzene rings is 4. The van der Waals surface area contributed by atoms with Gasteiger partial charge in [0.1, 0.15) is 18.2 Å². The normalized spacial score (nSPS) is 12.0. The van der Waals surface area contributed by atoms with Crippen LogP contribution < -0.4 is 14.8 Å². The van der Waals surface area contributed by atoms with E-state index < -0.39 is 50.2 Å². The summed E-state index contributed by atoms with van der Waals surface area (Å²) in [5.74, 6) is -3.48. The maximum Gasteiger partial charge on any atom is 0.264 e. The maximum atomic E-state index is 13.8. The van der Waals surface area contributed by atoms with Gasteiger partial charge in [-0.3, -0.25) is 9.59 Å². The molecule has 4 rings (SSSR count). The average molecular weight is 639 g/mol. The van der Waals surface area contributed by atoms with Gasteiger partial charge >= 0.3 is 0 Å². The molecule has 0 aromatic heterocycles. The number of sulfonamides is 1. The van der Waals surface area contributed by atoms with E-state index in [-0.39, 0.29) is 30.9 Å². The molecular formula is C34H33F3N2O5S. The summed E-state index contributed by atoms with van der Waals surface area (Å²) >= 11 is 0. The Bertz CT molecular complexity index is 1750. The number of halogens is 3. The Balaban J connectivity index is 1.55. The molecule has 7 nitrogen and oxygen atoms in total. The van der Waals surface area contributed by atoms with Crippen LogP contribution in [0.5, 0.6) is 5.75 Å². The second kappa shape index (κ2) is 14.9. The molecule has 0 aliphatic heterocycles. The van der Waals surface area contributed by atoms with Gasteiger partial charge in [0, 0.05) is 12.0 Å². The molecule has 0 spiro atoms. The van der Waals surface area contributed by atoms with Crippen LogP contribution in [-0.2, 0) is 27.8 Å². The van der Waals surface area contributed by atoms with Gasteiger partial charge in [-0.25, -0.2) is 26.3 Å². The fourth-order valence-electron chi connectivity index (χ4n) is 4.66. The number of para-hydroxylation sites is 1. The lowest BCUT2D eigenvalue weighted by Crippen LogP contribution is -2.32. The molecule has 0 aliphatic rings. The quantitative estimate of drug-likeness (QED) is 0.171. The predicted molar refractivity (Wildman–Crippen MR) is 163 cm³/mol. The molecule has 0 radical (unpaired) electrons. The molecule has 0 fully saturated rings. The SMILES string of the molecule is CC(C)CC(NC(=O)c1cc(COc2ccccc2)ccc1CCC(=O)NS(=O)(=O)c1ccc(F)c(F)c1)c1ccc(F)cc1. The molecule has 0 bridgehead atoms. The Hall–Kier alpha value is -4.64. The van der Waals surface area contributed by atoms with Gasteiger partial charge in [0.2, 0.25) is 5.91 Å². The lowest BCUT2D eigenvalue weighted by atomic mass is 9.95. The Kier molecular flexibility index (Phi) is 11.0. The summed E-state index contributed by atoms with van der Waals surface area (Å²) in [5.41, 5.74) is 2.14. The van der Waals surface area contributed by atoms with Crippen LogP contribution >= 0.6 is 0 Å². The van der Waals surface area contributed by atoms with Crippen molar-refractivity contribution in [1.82, 2.24) is 10.0 Å². The van der Waals surface area contributed by atoms with E-state index in [2.05, 4.69) is 5.32 Å². The summed E-state index contributed by atoms with van der Waals surface area (Å²) in [5, 5.41) is 3.03. The lowest BCUT2D eigenvalue weighted by molar-refractivity contribution is -0.119. The second-order valence-electron chi connectivity index (χ2n) is 10.9. The van der Waals surface area contributed by atoms with Crippen molar-refractivity contribution in [3.8, 4) is 5.75 Å². The first-order valence-electron chi connectivity index (χ1n) is 14.3. The van der Waals surface area contributed by atoms with Crippen LogP contribution in [0.4, 0.5) is 13.2 Å². The van der Waals surface area contributed by atoms with Crippen molar-refractivity contribution in [3.05, 3.63) is 131 Å². The van der Waals surface area contributed by atoms with E-state index in [1.165, 1.54) is 12.1 Å². The van der Waals surface area contributed by atoms with Gasteiger partial charge in [0.25, 0.3) is 15.9 Å². The molecule has 2 N–H and O–H groups in total. The van der Waals surface area contributed by atoms with Gasteiger partial charge in [0.05, 0.1) is 10.9 Å². The number of carbonyl (C=O) groups excluding carboxylic acids is 2. The van der Waals surface area contributed by atoms with E-state index in [9.17, 15) is 31.2 Å². The van der Waals surface area contributed by atoms with E-state index in [0.717, 1.165) is 11.6 Å². The molecule has 236 valence electrons. The largest absolute Gasteiger partial charge is 0.489 e. The van der Waals surface area contributed by atoms with Crippen LogP contribution in [0.2, 0.25) is 0 Å². The van der Waals surface area contributed by atoms with Crippen LogP contribution in [0, 0.1) is 23.4 Å². The third-order valence-electron chi connectivity index (χ3n) is 6.92. The topological polar surface area (TPSA) is 102 Å². The van der Waals surface area contributed by atoms with Gasteiger partial charge in [-0.2, -0.15) is 0 Å². The molecule has 0 heterocycles. The zero-order valence-electron chi connectivity index (χ0n) is 24.7. The van der Waals surface area contributed by atoms with Crippen molar-refractivity contribution in [2.24, 2.45) is 5.92 Å². The van der Waals surface area contributed by atoms with Gasteiger partial charge in [0.15, 0.2) is 11.6 Å². The Labute approximate surface area is 260 Å². The summed E-state index contributed by atoms with van der Waals surface area (Å²) in [4.78, 5) is 25.8. The first kappa shape index (κ1) is 33.3. The standard InChI is InChI=1S/C34H33F3N2O5S/c1-22(2)18-32(25-10-13-26(35)14-11-25)38-34(41)29-19-23(21-44-27-6-4-3-5-7-27)8-9-24(29)12-17-33(40)39-45(42,43)28-15-16-30(36)31(37)20-28/h3-11,13-16,19-20,22,32H,12,17-18,21H2,1-2H3,(H,38,41)(H,39,40). The molecule has 0 saturated heterocycles. The van der Waals surface area contributed by atoms with Crippen LogP contribution in [0.1, 0.15) is 59.8 Å². The third-order valence-corrected chi connectivity index (χ3v) is 8.29. The lowest BCUT2D eigenvalue weighted by Gasteiger charge is -2.22. The fourth-order valence-corrected chi connectivity index (χ4v) is 5.68. The Morgan fingerprint density at radius 1 is 0.844 bits per heavy atom. The molecule has 1 atom stereocenters. The van der Waals surface area contributed by atoms with Crippen LogP contribution in [0.15, 0.2) is 95.9 Å². The molecular weight excluding hydrogens is 605 g/mol. The van der Waals surface area contributed by atoms with Gasteiger partial charge in [-0.05, 0) is 84.0 Å². The average Bonchev–Trinajstić information content (AvgIpc) is 3.00. The van der Waals surface area contributed by atoms with Crippen molar-refractivity contribution < 1.29 is 35.9 Å². The highest BCUT2D eigenvalue weighted by Crippen LogP contribution is 2.24. The van der Waals surface area contributed by atoms with Gasteiger partial charge in [-0.15, -0.1) is 0 Å². The van der Waals surface area contributed by atoms with E-state index in [1.807, 2.05) is 36.8 Å². The van der Waals surface area contributed by atoms with Crippen molar-refractivity contribution in [2.75, 3.05) is 0 Å². The minimum Gasteiger partial charge on any atom is -0.489 e. The first-order valence-corrected chi connectivity index (χ1v) is 15.8. The molecule has 11 heteroatoms. The minimum atomic E-state index is -4.46. The van der Waals surface area contributed by atoms with Crippen LogP contribution in [-0.4, -0.2) is 20.2 Å². The molecule has 0 aliphatic carbocycles. The highest BCUT2D eigenvalue weighted by molar-refractivity contribution is 7.90. The zero-order chi connectivity index (χ0) is 32.6. The van der Waals surface area contributed by atoms with E-state index in [0.29, 0.717) is 35.4 Å². The van der Waals surface area contributed by atoms with Crippen molar-refractivity contribution in [2.45, 2.75) is 50.7 Å². The number of nitrogens with one attached hydrogen (secondary N) is 2. The van der Waals surface area contributed by atoms with Gasteiger partial charge in [-0.1, -0.05) is 56.3 Å². The highest BCUT2D eigenvalue weighted by Gasteiger charge is 2.22. The Morgan fingerprint density at radius 3 is 2.22 bits per heavy atom. The first-order chi connectivity index (χ1) is 21.4. The second-order valence-corrected chi connectivity index (χ2v) is 12.6. The predicted octanol–water partition coefficient (Wildman–Crippen LogP) is 6.64. The van der Waals surface area contributed by atoms with E-state index in [1.54, 1.807) is 42.5 Å². The third kappa shape index (κ3) is 9.42. The molecule has 0 saturated carbocycles. The fraction of sp³-hybridized carbons (Fsp3) is 0.235. The van der Waals surface area contributed by atoms with Gasteiger partial charge < -0.3 is 10.1 Å². The highest BCUT2D eigenvalue weighted by atomic mass is 32.2. The minimum absolute atomic E-state index is 0.00684. The number of carbonyl (C=O) groups is 2. The smallest absolute Gasteiger partial charge is 0.264 e. The monoisotopic (exact) mass is 638 g/mol. The zero-order valence-corrected chi connectivity index (χ0v) is 25.5. The van der Waals surface area contributed by atoms with Crippen LogP contribution in [0.25, 0.3) is 0 Å². The molecule has 45 heavy (non-hydrogen) atoms. The molecule has 4 aromatic carbocycles. The summed E-state index contributed by atoms with van der Waals surface area (Å²) in [6, 6.07) is 21.6. The number of hydrogen-bond donors (Lipinski definition) is 2. The summed E-state index contributed by atoms with van der Waals surface area (Å²) in [6.07, 6.45) is 0.247.